The molecule has 0 radical (unpaired) electrons. The van der Waals surface area contributed by atoms with Crippen LogP contribution in [0.15, 0.2) is 52.3 Å². The third kappa shape index (κ3) is 3.93. The van der Waals surface area contributed by atoms with Crippen molar-refractivity contribution in [3.8, 4) is 5.69 Å². The van der Waals surface area contributed by atoms with Crippen LogP contribution >= 0.6 is 0 Å². The molecule has 0 atom stereocenters. The molecule has 2 heterocycles. The number of nitrogens with zero attached hydrogens (tertiary/aromatic N) is 5. The van der Waals surface area contributed by atoms with Crippen LogP contribution < -0.4 is 11.2 Å². The van der Waals surface area contributed by atoms with Crippen molar-refractivity contribution in [1.29, 1.82) is 0 Å². The van der Waals surface area contributed by atoms with E-state index in [0.717, 1.165) is 10.3 Å². The summed E-state index contributed by atoms with van der Waals surface area (Å²) in [6.45, 7) is 3.84. The summed E-state index contributed by atoms with van der Waals surface area (Å²) in [7, 11) is 0. The third-order valence-corrected chi connectivity index (χ3v) is 4.45. The first kappa shape index (κ1) is 20.0. The molecule has 1 aromatic carbocycles. The molecular formula is C20H21N5O4. The summed E-state index contributed by atoms with van der Waals surface area (Å²) in [5.41, 5.74) is -0.517. The maximum absolute atomic E-state index is 12.7. The molecule has 0 aliphatic rings. The largest absolute Gasteiger partial charge is 0.357 e. The number of hydrogen-bond donors (Lipinski definition) is 0. The first-order valence-corrected chi connectivity index (χ1v) is 9.28. The summed E-state index contributed by atoms with van der Waals surface area (Å²) in [5.74, 6) is 0. The molecule has 0 bridgehead atoms. The molecule has 0 spiro atoms. The Labute approximate surface area is 166 Å². The maximum Gasteiger partial charge on any atom is 0.357 e. The number of rotatable bonds is 7. The van der Waals surface area contributed by atoms with E-state index in [-0.39, 0.29) is 18.8 Å². The number of nitro groups is 1. The summed E-state index contributed by atoms with van der Waals surface area (Å²) in [6.07, 6.45) is 6.90. The van der Waals surface area contributed by atoms with Crippen molar-refractivity contribution in [2.24, 2.45) is 0 Å². The molecule has 9 heteroatoms. The third-order valence-electron chi connectivity index (χ3n) is 4.45. The molecule has 0 unspecified atom stereocenters. The van der Waals surface area contributed by atoms with Crippen LogP contribution in [0.1, 0.15) is 31.5 Å². The van der Waals surface area contributed by atoms with Crippen molar-refractivity contribution < 1.29 is 4.92 Å². The predicted molar refractivity (Wildman–Crippen MR) is 110 cm³/mol. The van der Waals surface area contributed by atoms with Crippen LogP contribution in [0, 0.1) is 10.1 Å². The zero-order valence-corrected chi connectivity index (χ0v) is 16.2. The molecule has 0 fully saturated rings. The highest BCUT2D eigenvalue weighted by molar-refractivity contribution is 5.71. The van der Waals surface area contributed by atoms with E-state index in [9.17, 15) is 19.7 Å². The van der Waals surface area contributed by atoms with Crippen molar-refractivity contribution in [1.82, 2.24) is 18.9 Å². The fourth-order valence-corrected chi connectivity index (χ4v) is 3.09. The summed E-state index contributed by atoms with van der Waals surface area (Å²) in [4.78, 5) is 36.1. The second kappa shape index (κ2) is 8.51. The molecule has 0 amide bonds. The Balaban J connectivity index is 2.09. The van der Waals surface area contributed by atoms with Crippen molar-refractivity contribution in [3.05, 3.63) is 84.9 Å². The Hall–Kier alpha value is -3.75. The topological polar surface area (TPSA) is 105 Å². The van der Waals surface area contributed by atoms with Gasteiger partial charge in [0, 0.05) is 24.8 Å². The van der Waals surface area contributed by atoms with E-state index in [1.54, 1.807) is 37.0 Å². The molecule has 0 saturated heterocycles. The molecular weight excluding hydrogens is 374 g/mol. The monoisotopic (exact) mass is 395 g/mol. The van der Waals surface area contributed by atoms with Gasteiger partial charge in [-0.1, -0.05) is 25.1 Å². The SMILES string of the molecule is CCCn1c(=O)c([N+](=O)[O-])c(/C=C/c2cnn(-c3ccccc3)c2)n(CC)c1=O. The second-order valence-corrected chi connectivity index (χ2v) is 6.36. The normalized spacial score (nSPS) is 11.2. The van der Waals surface area contributed by atoms with Crippen molar-refractivity contribution in [2.45, 2.75) is 33.4 Å². The summed E-state index contributed by atoms with van der Waals surface area (Å²) in [6, 6.07) is 9.47. The Morgan fingerprint density at radius 2 is 1.83 bits per heavy atom. The Morgan fingerprint density at radius 1 is 1.10 bits per heavy atom. The molecule has 2 aromatic heterocycles. The summed E-state index contributed by atoms with van der Waals surface area (Å²) < 4.78 is 3.83. The fourth-order valence-electron chi connectivity index (χ4n) is 3.09. The van der Waals surface area contributed by atoms with Gasteiger partial charge in [-0.2, -0.15) is 5.10 Å². The molecule has 0 aliphatic carbocycles. The average molecular weight is 395 g/mol. The molecule has 29 heavy (non-hydrogen) atoms. The average Bonchev–Trinajstić information content (AvgIpc) is 3.19. The number of benzene rings is 1. The van der Waals surface area contributed by atoms with Gasteiger partial charge in [-0.3, -0.25) is 24.0 Å². The lowest BCUT2D eigenvalue weighted by atomic mass is 10.2. The lowest BCUT2D eigenvalue weighted by Gasteiger charge is -2.11. The standard InChI is InChI=1S/C20H21N5O4/c1-3-12-23-19(26)18(25(28)29)17(22(4-2)20(23)27)11-10-15-13-21-24(14-15)16-8-6-5-7-9-16/h5-11,13-14H,3-4,12H2,1-2H3/b11-10+. The van der Waals surface area contributed by atoms with Gasteiger partial charge in [-0.05, 0) is 37.6 Å². The highest BCUT2D eigenvalue weighted by atomic mass is 16.6. The minimum absolute atomic E-state index is 0.0210. The molecule has 0 saturated carbocycles. The second-order valence-electron chi connectivity index (χ2n) is 6.36. The van der Waals surface area contributed by atoms with Gasteiger partial charge >= 0.3 is 16.9 Å². The summed E-state index contributed by atoms with van der Waals surface area (Å²) in [5, 5.41) is 15.9. The quantitative estimate of drug-likeness (QED) is 0.452. The molecule has 3 rings (SSSR count). The molecule has 0 aliphatic heterocycles. The zero-order valence-electron chi connectivity index (χ0n) is 16.2. The molecule has 3 aromatic rings. The van der Waals surface area contributed by atoms with Crippen molar-refractivity contribution in [3.63, 3.8) is 0 Å². The number of para-hydroxylation sites is 1. The van der Waals surface area contributed by atoms with Crippen LogP contribution in [-0.2, 0) is 13.1 Å². The van der Waals surface area contributed by atoms with Gasteiger partial charge in [0.05, 0.1) is 16.8 Å². The Bertz CT molecular complexity index is 1170. The van der Waals surface area contributed by atoms with E-state index >= 15 is 0 Å². The Morgan fingerprint density at radius 3 is 2.45 bits per heavy atom. The lowest BCUT2D eigenvalue weighted by Crippen LogP contribution is -2.41. The van der Waals surface area contributed by atoms with E-state index in [0.29, 0.717) is 12.0 Å². The van der Waals surface area contributed by atoms with Gasteiger partial charge in [0.15, 0.2) is 0 Å². The summed E-state index contributed by atoms with van der Waals surface area (Å²) >= 11 is 0. The van der Waals surface area contributed by atoms with E-state index in [4.69, 9.17) is 0 Å². The molecule has 9 nitrogen and oxygen atoms in total. The van der Waals surface area contributed by atoms with Crippen molar-refractivity contribution in [2.75, 3.05) is 0 Å². The van der Waals surface area contributed by atoms with E-state index in [2.05, 4.69) is 5.10 Å². The van der Waals surface area contributed by atoms with Gasteiger partial charge in [-0.15, -0.1) is 0 Å². The first-order valence-electron chi connectivity index (χ1n) is 9.28. The maximum atomic E-state index is 12.7. The van der Waals surface area contributed by atoms with E-state index < -0.39 is 21.9 Å². The fraction of sp³-hybridized carbons (Fsp3) is 0.250. The Kier molecular flexibility index (Phi) is 5.87. The lowest BCUT2D eigenvalue weighted by molar-refractivity contribution is -0.387. The van der Waals surface area contributed by atoms with Crippen LogP contribution in [0.4, 0.5) is 5.69 Å². The van der Waals surface area contributed by atoms with Crippen LogP contribution in [0.25, 0.3) is 17.8 Å². The van der Waals surface area contributed by atoms with Crippen LogP contribution in [0.3, 0.4) is 0 Å². The van der Waals surface area contributed by atoms with Gasteiger partial charge < -0.3 is 0 Å². The van der Waals surface area contributed by atoms with Gasteiger partial charge in [0.25, 0.3) is 0 Å². The van der Waals surface area contributed by atoms with Gasteiger partial charge in [0.1, 0.15) is 5.69 Å². The molecule has 0 N–H and O–H groups in total. The minimum Gasteiger partial charge on any atom is -0.288 e. The smallest absolute Gasteiger partial charge is 0.288 e. The number of aromatic nitrogens is 4. The van der Waals surface area contributed by atoms with E-state index in [1.807, 2.05) is 30.3 Å². The van der Waals surface area contributed by atoms with E-state index in [1.165, 1.54) is 10.6 Å². The van der Waals surface area contributed by atoms with Crippen LogP contribution in [-0.4, -0.2) is 23.8 Å². The first-order chi connectivity index (χ1) is 14.0. The van der Waals surface area contributed by atoms with Crippen LogP contribution in [0.2, 0.25) is 0 Å². The van der Waals surface area contributed by atoms with Crippen LogP contribution in [0.5, 0.6) is 0 Å². The van der Waals surface area contributed by atoms with Crippen molar-refractivity contribution >= 4 is 17.8 Å². The van der Waals surface area contributed by atoms with Gasteiger partial charge in [-0.25, -0.2) is 9.48 Å². The highest BCUT2D eigenvalue weighted by Gasteiger charge is 2.25. The number of hydrogen-bond acceptors (Lipinski definition) is 5. The predicted octanol–water partition coefficient (Wildman–Crippen LogP) is 2.70. The zero-order chi connectivity index (χ0) is 21.0. The van der Waals surface area contributed by atoms with Gasteiger partial charge in [0.2, 0.25) is 0 Å². The highest BCUT2D eigenvalue weighted by Crippen LogP contribution is 2.16. The minimum atomic E-state index is -0.883. The molecule has 150 valence electrons.